The largest absolute Gasteiger partial charge is 0.497 e. The van der Waals surface area contributed by atoms with Crippen molar-refractivity contribution < 1.29 is 18.3 Å². The summed E-state index contributed by atoms with van der Waals surface area (Å²) < 4.78 is 33.5. The van der Waals surface area contributed by atoms with E-state index in [0.29, 0.717) is 17.3 Å². The van der Waals surface area contributed by atoms with Crippen LogP contribution in [0.5, 0.6) is 11.5 Å². The number of hydrogen-bond donors (Lipinski definition) is 1. The van der Waals surface area contributed by atoms with E-state index in [-0.39, 0.29) is 5.75 Å². The zero-order valence-corrected chi connectivity index (χ0v) is 12.0. The number of benzene rings is 2. The first-order valence-corrected chi connectivity index (χ1v) is 6.57. The monoisotopic (exact) mass is 313 g/mol. The van der Waals surface area contributed by atoms with Gasteiger partial charge in [-0.1, -0.05) is 23.7 Å². The summed E-state index contributed by atoms with van der Waals surface area (Å²) >= 11 is 6.08. The Hall–Kier alpha value is -2.01. The van der Waals surface area contributed by atoms with Crippen LogP contribution in [0.15, 0.2) is 42.5 Å². The number of alkyl halides is 2. The van der Waals surface area contributed by atoms with Crippen LogP contribution in [0.3, 0.4) is 0 Å². The molecular weight excluding hydrogens is 300 g/mol. The predicted octanol–water partition coefficient (Wildman–Crippen LogP) is 4.56. The van der Waals surface area contributed by atoms with Gasteiger partial charge in [-0.15, -0.1) is 0 Å². The molecule has 0 aliphatic rings. The number of nitrogens with one attached hydrogen (secondary N) is 1. The van der Waals surface area contributed by atoms with E-state index in [1.807, 2.05) is 0 Å². The average Bonchev–Trinajstić information content (AvgIpc) is 2.47. The summed E-state index contributed by atoms with van der Waals surface area (Å²) in [6.07, 6.45) is 0. The molecule has 0 saturated heterocycles. The summed E-state index contributed by atoms with van der Waals surface area (Å²) in [6, 6.07) is 11.7. The van der Waals surface area contributed by atoms with Crippen LogP contribution in [-0.4, -0.2) is 13.7 Å². The second-order valence-corrected chi connectivity index (χ2v) is 4.63. The van der Waals surface area contributed by atoms with Gasteiger partial charge in [-0.05, 0) is 29.8 Å². The molecule has 2 aromatic carbocycles. The van der Waals surface area contributed by atoms with Crippen LogP contribution >= 0.6 is 11.6 Å². The molecule has 2 rings (SSSR count). The van der Waals surface area contributed by atoms with Gasteiger partial charge in [0.15, 0.2) is 0 Å². The fourth-order valence-corrected chi connectivity index (χ4v) is 1.94. The molecule has 0 atom stereocenters. The van der Waals surface area contributed by atoms with Crippen molar-refractivity contribution in [3.05, 3.63) is 53.1 Å². The fourth-order valence-electron chi connectivity index (χ4n) is 1.75. The van der Waals surface area contributed by atoms with Crippen LogP contribution in [0, 0.1) is 0 Å². The lowest BCUT2D eigenvalue weighted by molar-refractivity contribution is -0.0498. The average molecular weight is 314 g/mol. The number of halogens is 3. The Morgan fingerprint density at radius 1 is 1.10 bits per heavy atom. The van der Waals surface area contributed by atoms with E-state index in [0.717, 1.165) is 11.3 Å². The highest BCUT2D eigenvalue weighted by molar-refractivity contribution is 6.33. The van der Waals surface area contributed by atoms with E-state index in [1.54, 1.807) is 37.4 Å². The van der Waals surface area contributed by atoms with Gasteiger partial charge in [0, 0.05) is 12.6 Å². The Morgan fingerprint density at radius 3 is 2.38 bits per heavy atom. The lowest BCUT2D eigenvalue weighted by Crippen LogP contribution is -2.03. The zero-order valence-electron chi connectivity index (χ0n) is 11.3. The molecule has 2 aromatic rings. The Kier molecular flexibility index (Phi) is 5.22. The molecule has 0 aliphatic carbocycles. The molecule has 0 aromatic heterocycles. The molecule has 0 fully saturated rings. The molecule has 112 valence electrons. The van der Waals surface area contributed by atoms with Crippen molar-refractivity contribution in [2.45, 2.75) is 13.2 Å². The number of methoxy groups -OCH3 is 1. The molecule has 3 nitrogen and oxygen atoms in total. The lowest BCUT2D eigenvalue weighted by Gasteiger charge is -2.11. The predicted molar refractivity (Wildman–Crippen MR) is 78.4 cm³/mol. The van der Waals surface area contributed by atoms with Crippen LogP contribution in [0.4, 0.5) is 14.5 Å². The van der Waals surface area contributed by atoms with Gasteiger partial charge < -0.3 is 14.8 Å². The quantitative estimate of drug-likeness (QED) is 0.848. The molecule has 0 radical (unpaired) electrons. The van der Waals surface area contributed by atoms with E-state index in [2.05, 4.69) is 10.1 Å². The number of rotatable bonds is 6. The zero-order chi connectivity index (χ0) is 15.2. The minimum atomic E-state index is -2.82. The molecule has 0 heterocycles. The Balaban J connectivity index is 1.99. The first kappa shape index (κ1) is 15.4. The molecule has 0 spiro atoms. The molecule has 0 unspecified atom stereocenters. The summed E-state index contributed by atoms with van der Waals surface area (Å²) in [5, 5.41) is 3.74. The normalized spacial score (nSPS) is 10.5. The summed E-state index contributed by atoms with van der Waals surface area (Å²) in [5.41, 5.74) is 1.65. The van der Waals surface area contributed by atoms with Crippen molar-refractivity contribution >= 4 is 17.3 Å². The molecule has 0 aliphatic heterocycles. The minimum absolute atomic E-state index is 0.133. The number of ether oxygens (including phenoxy) is 2. The van der Waals surface area contributed by atoms with Gasteiger partial charge >= 0.3 is 6.61 Å². The first-order chi connectivity index (χ1) is 10.1. The van der Waals surface area contributed by atoms with Gasteiger partial charge in [-0.2, -0.15) is 8.78 Å². The van der Waals surface area contributed by atoms with Crippen molar-refractivity contribution in [1.29, 1.82) is 0 Å². The van der Waals surface area contributed by atoms with Gasteiger partial charge in [0.2, 0.25) is 0 Å². The molecular formula is C15H14ClF2NO2. The van der Waals surface area contributed by atoms with Gasteiger partial charge in [0.1, 0.15) is 11.5 Å². The van der Waals surface area contributed by atoms with Crippen molar-refractivity contribution in [3.63, 3.8) is 0 Å². The van der Waals surface area contributed by atoms with Crippen molar-refractivity contribution in [1.82, 2.24) is 0 Å². The maximum Gasteiger partial charge on any atom is 0.387 e. The van der Waals surface area contributed by atoms with Gasteiger partial charge in [0.25, 0.3) is 0 Å². The summed E-state index contributed by atoms with van der Waals surface area (Å²) in [4.78, 5) is 0. The van der Waals surface area contributed by atoms with E-state index < -0.39 is 6.61 Å². The van der Waals surface area contributed by atoms with E-state index in [9.17, 15) is 8.78 Å². The molecule has 0 saturated carbocycles. The van der Waals surface area contributed by atoms with Crippen LogP contribution < -0.4 is 14.8 Å². The Bertz CT molecular complexity index is 591. The van der Waals surface area contributed by atoms with Gasteiger partial charge in [0.05, 0.1) is 17.8 Å². The van der Waals surface area contributed by atoms with Crippen molar-refractivity contribution in [2.75, 3.05) is 12.4 Å². The number of hydrogen-bond acceptors (Lipinski definition) is 3. The van der Waals surface area contributed by atoms with Crippen molar-refractivity contribution in [2.24, 2.45) is 0 Å². The second-order valence-electron chi connectivity index (χ2n) is 4.22. The van der Waals surface area contributed by atoms with Crippen LogP contribution in [0.25, 0.3) is 0 Å². The van der Waals surface area contributed by atoms with E-state index >= 15 is 0 Å². The standard InChI is InChI=1S/C15H14ClF2NO2/c1-20-12-6-7-13(16)14(8-12)19-9-10-2-4-11(5-3-10)21-15(17)18/h2-8,15,19H,9H2,1H3. The maximum atomic E-state index is 12.0. The summed E-state index contributed by atoms with van der Waals surface area (Å²) in [5.74, 6) is 0.829. The molecule has 0 amide bonds. The van der Waals surface area contributed by atoms with Crippen LogP contribution in [0.1, 0.15) is 5.56 Å². The number of anilines is 1. The molecule has 6 heteroatoms. The summed E-state index contributed by atoms with van der Waals surface area (Å²) in [6.45, 7) is -2.31. The van der Waals surface area contributed by atoms with Crippen molar-refractivity contribution in [3.8, 4) is 11.5 Å². The SMILES string of the molecule is COc1ccc(Cl)c(NCc2ccc(OC(F)F)cc2)c1. The highest BCUT2D eigenvalue weighted by Gasteiger charge is 2.05. The highest BCUT2D eigenvalue weighted by Crippen LogP contribution is 2.27. The van der Waals surface area contributed by atoms with E-state index in [4.69, 9.17) is 16.3 Å². The van der Waals surface area contributed by atoms with Gasteiger partial charge in [-0.3, -0.25) is 0 Å². The van der Waals surface area contributed by atoms with E-state index in [1.165, 1.54) is 12.1 Å². The third kappa shape index (κ3) is 4.49. The topological polar surface area (TPSA) is 30.5 Å². The minimum Gasteiger partial charge on any atom is -0.497 e. The fraction of sp³-hybridized carbons (Fsp3) is 0.200. The molecule has 0 bridgehead atoms. The van der Waals surface area contributed by atoms with Crippen LogP contribution in [-0.2, 0) is 6.54 Å². The molecule has 21 heavy (non-hydrogen) atoms. The molecule has 1 N–H and O–H groups in total. The lowest BCUT2D eigenvalue weighted by atomic mass is 10.2. The Labute approximate surface area is 126 Å². The maximum absolute atomic E-state index is 12.0. The smallest absolute Gasteiger partial charge is 0.387 e. The third-order valence-corrected chi connectivity index (χ3v) is 3.13. The Morgan fingerprint density at radius 2 is 1.76 bits per heavy atom. The highest BCUT2D eigenvalue weighted by atomic mass is 35.5. The van der Waals surface area contributed by atoms with Gasteiger partial charge in [-0.25, -0.2) is 0 Å². The summed E-state index contributed by atoms with van der Waals surface area (Å²) in [7, 11) is 1.58. The first-order valence-electron chi connectivity index (χ1n) is 6.19. The third-order valence-electron chi connectivity index (χ3n) is 2.81. The van der Waals surface area contributed by atoms with Crippen LogP contribution in [0.2, 0.25) is 5.02 Å². The second kappa shape index (κ2) is 7.13.